The van der Waals surface area contributed by atoms with E-state index in [0.29, 0.717) is 17.7 Å². The fourth-order valence-electron chi connectivity index (χ4n) is 0.638. The third-order valence-electron chi connectivity index (χ3n) is 1.09. The van der Waals surface area contributed by atoms with Crippen molar-refractivity contribution in [3.05, 3.63) is 30.1 Å². The number of pyridine rings is 1. The summed E-state index contributed by atoms with van der Waals surface area (Å²) in [5.41, 5.74) is 0.936. The third-order valence-corrected chi connectivity index (χ3v) is 1.39. The molecule has 0 saturated carbocycles. The number of rotatable bonds is 2. The van der Waals surface area contributed by atoms with Crippen LogP contribution < -0.4 is 0 Å². The van der Waals surface area contributed by atoms with E-state index in [4.69, 9.17) is 0 Å². The molecule has 10 heavy (non-hydrogen) atoms. The minimum atomic E-state index is 0.481. The molecule has 1 rings (SSSR count). The van der Waals surface area contributed by atoms with Crippen LogP contribution in [0.1, 0.15) is 5.69 Å². The van der Waals surface area contributed by atoms with E-state index in [0.717, 1.165) is 5.69 Å². The molecule has 0 spiro atoms. The van der Waals surface area contributed by atoms with E-state index in [1.165, 1.54) is 0 Å². The lowest BCUT2D eigenvalue weighted by Gasteiger charge is -1.89. The van der Waals surface area contributed by atoms with Crippen molar-refractivity contribution in [2.45, 2.75) is 6.42 Å². The topological polar surface area (TPSA) is 30.0 Å². The van der Waals surface area contributed by atoms with Gasteiger partial charge in [-0.2, -0.15) is 0 Å². The molecular weight excluding hydrogens is 146 g/mol. The van der Waals surface area contributed by atoms with Gasteiger partial charge in [-0.1, -0.05) is 6.07 Å². The normalized spacial score (nSPS) is 8.80. The first-order valence-corrected chi connectivity index (χ1v) is 3.74. The lowest BCUT2D eigenvalue weighted by molar-refractivity contribution is 0.701. The number of hydrogen-bond acceptors (Lipinski definition) is 2. The molecule has 0 aliphatic heterocycles. The number of hydrogen-bond donors (Lipinski definition) is 0. The highest BCUT2D eigenvalue weighted by molar-refractivity contribution is 7.64. The Morgan fingerprint density at radius 2 is 2.50 bits per heavy atom. The van der Waals surface area contributed by atoms with Crippen molar-refractivity contribution in [1.29, 1.82) is 0 Å². The van der Waals surface area contributed by atoms with Gasteiger partial charge < -0.3 is 0 Å². The summed E-state index contributed by atoms with van der Waals surface area (Å²) in [6, 6.07) is 5.66. The van der Waals surface area contributed by atoms with Crippen molar-refractivity contribution in [3.8, 4) is 0 Å². The van der Waals surface area contributed by atoms with Crippen LogP contribution in [-0.2, 0) is 17.7 Å². The van der Waals surface area contributed by atoms with Gasteiger partial charge in [0.1, 0.15) is 0 Å². The fourth-order valence-corrected chi connectivity index (χ4v) is 0.877. The standard InChI is InChI=1S/C7H7NOS/c9-10-6-4-7-3-1-2-5-8-7/h1-3,5-6H,4H2. The van der Waals surface area contributed by atoms with Crippen LogP contribution in [0.3, 0.4) is 0 Å². The van der Waals surface area contributed by atoms with Crippen LogP contribution in [0.15, 0.2) is 24.4 Å². The molecule has 0 aromatic carbocycles. The minimum absolute atomic E-state index is 0.481. The molecule has 0 saturated heterocycles. The Morgan fingerprint density at radius 1 is 1.60 bits per heavy atom. The largest absolute Gasteiger partial charge is 0.261 e. The minimum Gasteiger partial charge on any atom is -0.261 e. The van der Waals surface area contributed by atoms with Crippen LogP contribution in [-0.4, -0.2) is 14.6 Å². The number of nitrogens with zero attached hydrogens (tertiary/aromatic N) is 1. The molecule has 0 aliphatic carbocycles. The van der Waals surface area contributed by atoms with Gasteiger partial charge in [0.05, 0.1) is 11.3 Å². The summed E-state index contributed by atoms with van der Waals surface area (Å²) in [6.45, 7) is 0. The molecule has 52 valence electrons. The summed E-state index contributed by atoms with van der Waals surface area (Å²) in [4.78, 5) is 4.03. The SMILES string of the molecule is O=S=CCc1ccccn1. The van der Waals surface area contributed by atoms with Crippen LogP contribution in [0.2, 0.25) is 0 Å². The van der Waals surface area contributed by atoms with Crippen molar-refractivity contribution in [3.63, 3.8) is 0 Å². The van der Waals surface area contributed by atoms with Crippen molar-refractivity contribution >= 4 is 16.6 Å². The van der Waals surface area contributed by atoms with E-state index in [2.05, 4.69) is 4.98 Å². The van der Waals surface area contributed by atoms with E-state index >= 15 is 0 Å². The molecular formula is C7H7NOS. The van der Waals surface area contributed by atoms with Crippen molar-refractivity contribution in [2.24, 2.45) is 0 Å². The first kappa shape index (κ1) is 7.15. The van der Waals surface area contributed by atoms with Crippen LogP contribution in [0, 0.1) is 0 Å². The lowest BCUT2D eigenvalue weighted by Crippen LogP contribution is -1.87. The highest BCUT2D eigenvalue weighted by Gasteiger charge is 1.85. The molecule has 0 bridgehead atoms. The first-order valence-electron chi connectivity index (χ1n) is 2.93. The summed E-state index contributed by atoms with van der Waals surface area (Å²) in [7, 11) is 0. The molecule has 0 fully saturated rings. The zero-order valence-corrected chi connectivity index (χ0v) is 6.17. The van der Waals surface area contributed by atoms with Crippen LogP contribution in [0.25, 0.3) is 0 Å². The Morgan fingerprint density at radius 3 is 3.10 bits per heavy atom. The predicted octanol–water partition coefficient (Wildman–Crippen LogP) is 0.639. The summed E-state index contributed by atoms with van der Waals surface area (Å²) in [5, 5.41) is 1.59. The Kier molecular flexibility index (Phi) is 2.83. The summed E-state index contributed by atoms with van der Waals surface area (Å²) in [5.74, 6) is 0. The Balaban J connectivity index is 2.67. The fraction of sp³-hybridized carbons (Fsp3) is 0.143. The summed E-state index contributed by atoms with van der Waals surface area (Å²) in [6.07, 6.45) is 2.37. The maximum atomic E-state index is 9.94. The van der Waals surface area contributed by atoms with Gasteiger partial charge in [-0.05, 0) is 12.1 Å². The van der Waals surface area contributed by atoms with E-state index in [-0.39, 0.29) is 0 Å². The van der Waals surface area contributed by atoms with Gasteiger partial charge in [-0.25, -0.2) is 4.21 Å². The Bertz CT molecular complexity index is 241. The highest BCUT2D eigenvalue weighted by Crippen LogP contribution is 1.90. The quantitative estimate of drug-likeness (QED) is 0.583. The predicted molar refractivity (Wildman–Crippen MR) is 42.1 cm³/mol. The Labute approximate surface area is 63.0 Å². The molecule has 0 radical (unpaired) electrons. The van der Waals surface area contributed by atoms with E-state index in [9.17, 15) is 4.21 Å². The van der Waals surface area contributed by atoms with Gasteiger partial charge in [0, 0.05) is 23.7 Å². The van der Waals surface area contributed by atoms with Gasteiger partial charge >= 0.3 is 0 Å². The molecule has 1 heterocycles. The van der Waals surface area contributed by atoms with Crippen molar-refractivity contribution in [1.82, 2.24) is 4.98 Å². The average molecular weight is 153 g/mol. The van der Waals surface area contributed by atoms with Crippen LogP contribution in [0.5, 0.6) is 0 Å². The molecule has 3 heteroatoms. The second kappa shape index (κ2) is 3.95. The van der Waals surface area contributed by atoms with Gasteiger partial charge in [-0.15, -0.1) is 0 Å². The smallest absolute Gasteiger partial charge is 0.0845 e. The molecule has 1 aromatic heterocycles. The van der Waals surface area contributed by atoms with Gasteiger partial charge in [-0.3, -0.25) is 4.98 Å². The van der Waals surface area contributed by atoms with E-state index < -0.39 is 0 Å². The Hall–Kier alpha value is -0.960. The lowest BCUT2D eigenvalue weighted by atomic mass is 10.3. The van der Waals surface area contributed by atoms with Crippen molar-refractivity contribution < 1.29 is 4.21 Å². The zero-order chi connectivity index (χ0) is 7.23. The number of aromatic nitrogens is 1. The second-order valence-electron chi connectivity index (χ2n) is 1.79. The van der Waals surface area contributed by atoms with E-state index in [1.807, 2.05) is 18.2 Å². The monoisotopic (exact) mass is 153 g/mol. The van der Waals surface area contributed by atoms with Gasteiger partial charge in [0.2, 0.25) is 0 Å². The molecule has 0 aliphatic rings. The maximum absolute atomic E-state index is 9.94. The molecule has 1 aromatic rings. The summed E-state index contributed by atoms with van der Waals surface area (Å²) < 4.78 is 9.94. The van der Waals surface area contributed by atoms with Crippen LogP contribution >= 0.6 is 0 Å². The highest BCUT2D eigenvalue weighted by atomic mass is 32.1. The van der Waals surface area contributed by atoms with Gasteiger partial charge in [0.25, 0.3) is 0 Å². The average Bonchev–Trinajstić information content (AvgIpc) is 2.03. The van der Waals surface area contributed by atoms with Crippen molar-refractivity contribution in [2.75, 3.05) is 0 Å². The molecule has 0 amide bonds. The van der Waals surface area contributed by atoms with Crippen LogP contribution in [0.4, 0.5) is 0 Å². The second-order valence-corrected chi connectivity index (χ2v) is 2.31. The maximum Gasteiger partial charge on any atom is 0.0845 e. The molecule has 2 nitrogen and oxygen atoms in total. The first-order chi connectivity index (χ1) is 4.93. The molecule has 0 atom stereocenters. The molecule has 0 N–H and O–H groups in total. The zero-order valence-electron chi connectivity index (χ0n) is 5.36. The molecule has 0 unspecified atom stereocenters. The summed E-state index contributed by atoms with van der Waals surface area (Å²) >= 11 is 0.481. The van der Waals surface area contributed by atoms with Gasteiger partial charge in [0.15, 0.2) is 0 Å². The van der Waals surface area contributed by atoms with E-state index in [1.54, 1.807) is 11.6 Å². The third kappa shape index (κ3) is 2.11.